The minimum atomic E-state index is 0.265. The molecule has 0 aromatic heterocycles. The average Bonchev–Trinajstić information content (AvgIpc) is 1.37. The molecule has 0 atom stereocenters. The molecule has 0 nitrogen and oxygen atoms in total. The standard InChI is InChI=1S/C2H2ClF/c3-1-2-4/h1-2H/b2-1-/i3+2. The van der Waals surface area contributed by atoms with Crippen molar-refractivity contribution >= 4 is 11.6 Å². The highest BCUT2D eigenvalue weighted by Gasteiger charge is 1.41. The van der Waals surface area contributed by atoms with Gasteiger partial charge in [0, 0.05) is 5.54 Å². The van der Waals surface area contributed by atoms with E-state index in [0.717, 1.165) is 5.54 Å². The maximum Gasteiger partial charge on any atom is 0.0979 e. The summed E-state index contributed by atoms with van der Waals surface area (Å²) in [5.74, 6) is 0. The molecule has 0 saturated carbocycles. The lowest BCUT2D eigenvalue weighted by atomic mass is 11.2. The zero-order valence-electron chi connectivity index (χ0n) is 1.91. The smallest absolute Gasteiger partial charge is 0.0979 e. The minimum absolute atomic E-state index is 0.265. The first-order valence-corrected chi connectivity index (χ1v) is 1.21. The van der Waals surface area contributed by atoms with Gasteiger partial charge >= 0.3 is 0 Å². The molecule has 0 saturated heterocycles. The van der Waals surface area contributed by atoms with Crippen LogP contribution in [-0.4, -0.2) is 0 Å². The van der Waals surface area contributed by atoms with Gasteiger partial charge in [0.15, 0.2) is 0 Å². The van der Waals surface area contributed by atoms with E-state index in [2.05, 4.69) is 11.6 Å². The van der Waals surface area contributed by atoms with Gasteiger partial charge in [-0.05, 0) is 0 Å². The van der Waals surface area contributed by atoms with Gasteiger partial charge in [0.1, 0.15) is 0 Å². The largest absolute Gasteiger partial charge is 0.215 e. The molecular formula is C2H2ClF. The van der Waals surface area contributed by atoms with Gasteiger partial charge in [-0.2, -0.15) is 0 Å². The van der Waals surface area contributed by atoms with Gasteiger partial charge in [0.25, 0.3) is 0 Å². The minimum Gasteiger partial charge on any atom is -0.215 e. The Bertz CT molecular complexity index is 21.2. The van der Waals surface area contributed by atoms with Crippen molar-refractivity contribution in [1.82, 2.24) is 0 Å². The molecule has 0 rings (SSSR count). The monoisotopic (exact) mass is 82.0 g/mol. The molecule has 0 aromatic carbocycles. The Kier molecular flexibility index (Phi) is 2.93. The van der Waals surface area contributed by atoms with Crippen molar-refractivity contribution in [1.29, 1.82) is 0 Å². The normalized spacial score (nSPS) is 9.50. The predicted octanol–water partition coefficient (Wildman–Crippen LogP) is 1.67. The zero-order valence-corrected chi connectivity index (χ0v) is 2.67. The molecule has 0 aliphatic heterocycles. The Labute approximate surface area is 28.9 Å². The third-order valence-electron chi connectivity index (χ3n) is 0.0476. The molecular weight excluding hydrogens is 80.0 g/mol. The summed E-state index contributed by atoms with van der Waals surface area (Å²) < 4.78 is 10.4. The summed E-state index contributed by atoms with van der Waals surface area (Å²) in [6, 6.07) is 0. The molecule has 0 aliphatic rings. The van der Waals surface area contributed by atoms with Gasteiger partial charge < -0.3 is 0 Å². The van der Waals surface area contributed by atoms with Crippen molar-refractivity contribution < 1.29 is 4.39 Å². The lowest BCUT2D eigenvalue weighted by Crippen LogP contribution is -1.14. The zero-order chi connectivity index (χ0) is 3.41. The maximum atomic E-state index is 10.4. The van der Waals surface area contributed by atoms with Crippen LogP contribution in [0.3, 0.4) is 0 Å². The summed E-state index contributed by atoms with van der Waals surface area (Å²) in [7, 11) is 0. The molecule has 0 bridgehead atoms. The van der Waals surface area contributed by atoms with Gasteiger partial charge in [-0.3, -0.25) is 0 Å². The van der Waals surface area contributed by atoms with Crippen LogP contribution in [0.25, 0.3) is 0 Å². The fraction of sp³-hybridized carbons (Fsp3) is 0. The fourth-order valence-electron chi connectivity index (χ4n) is 0. The van der Waals surface area contributed by atoms with Crippen LogP contribution in [0.2, 0.25) is 0 Å². The Balaban J connectivity index is 2.55. The first-order chi connectivity index (χ1) is 1.91. The molecule has 24 valence electrons. The second-order valence-electron chi connectivity index (χ2n) is 0.252. The van der Waals surface area contributed by atoms with E-state index in [0.29, 0.717) is 0 Å². The summed E-state index contributed by atoms with van der Waals surface area (Å²) in [4.78, 5) is 0. The summed E-state index contributed by atoms with van der Waals surface area (Å²) in [6.07, 6.45) is 0.265. The highest BCUT2D eigenvalue weighted by atomic mass is 37.0. The molecule has 0 fully saturated rings. The number of rotatable bonds is 0. The molecule has 0 aromatic rings. The SMILES string of the molecule is F/C=C\[37Cl]. The van der Waals surface area contributed by atoms with Crippen LogP contribution in [0.1, 0.15) is 0 Å². The summed E-state index contributed by atoms with van der Waals surface area (Å²) in [5.41, 5.74) is 0.806. The van der Waals surface area contributed by atoms with Crippen molar-refractivity contribution in [2.45, 2.75) is 0 Å². The van der Waals surface area contributed by atoms with Crippen LogP contribution in [0.4, 0.5) is 4.39 Å². The quantitative estimate of drug-likeness (QED) is 0.417. The van der Waals surface area contributed by atoms with E-state index in [1.54, 1.807) is 0 Å². The lowest BCUT2D eigenvalue weighted by molar-refractivity contribution is 0.723. The van der Waals surface area contributed by atoms with Gasteiger partial charge in [0.2, 0.25) is 0 Å². The Morgan fingerprint density at radius 2 is 2.00 bits per heavy atom. The first kappa shape index (κ1) is 3.96. The van der Waals surface area contributed by atoms with Crippen molar-refractivity contribution in [2.24, 2.45) is 0 Å². The second-order valence-corrected chi connectivity index (χ2v) is 0.504. The molecule has 0 unspecified atom stereocenters. The van der Waals surface area contributed by atoms with Gasteiger partial charge in [0.05, 0.1) is 6.33 Å². The van der Waals surface area contributed by atoms with E-state index in [9.17, 15) is 4.39 Å². The first-order valence-electron chi connectivity index (χ1n) is 0.770. The molecule has 0 aliphatic carbocycles. The Morgan fingerprint density at radius 1 is 1.75 bits per heavy atom. The van der Waals surface area contributed by atoms with E-state index < -0.39 is 0 Å². The van der Waals surface area contributed by atoms with Crippen LogP contribution < -0.4 is 0 Å². The van der Waals surface area contributed by atoms with Crippen LogP contribution in [0.5, 0.6) is 0 Å². The van der Waals surface area contributed by atoms with Crippen LogP contribution in [0, 0.1) is 0 Å². The van der Waals surface area contributed by atoms with E-state index >= 15 is 0 Å². The molecule has 2 heteroatoms. The van der Waals surface area contributed by atoms with E-state index in [1.807, 2.05) is 0 Å². The van der Waals surface area contributed by atoms with E-state index in [1.165, 1.54) is 0 Å². The third kappa shape index (κ3) is 1.96. The van der Waals surface area contributed by atoms with Crippen LogP contribution >= 0.6 is 11.6 Å². The molecule has 0 spiro atoms. The number of halogens is 2. The number of hydrogen-bond donors (Lipinski definition) is 0. The highest BCUT2D eigenvalue weighted by Crippen LogP contribution is 1.73. The average molecular weight is 82.0 g/mol. The van der Waals surface area contributed by atoms with Crippen molar-refractivity contribution in [3.05, 3.63) is 11.9 Å². The Morgan fingerprint density at radius 3 is 2.00 bits per heavy atom. The predicted molar refractivity (Wildman–Crippen MR) is 16.1 cm³/mol. The van der Waals surface area contributed by atoms with Gasteiger partial charge in [-0.1, -0.05) is 11.6 Å². The van der Waals surface area contributed by atoms with Gasteiger partial charge in [-0.25, -0.2) is 4.39 Å². The van der Waals surface area contributed by atoms with Crippen LogP contribution in [0.15, 0.2) is 11.9 Å². The molecule has 4 heavy (non-hydrogen) atoms. The van der Waals surface area contributed by atoms with Crippen molar-refractivity contribution in [3.8, 4) is 0 Å². The third-order valence-corrected chi connectivity index (χ3v) is 0.143. The molecule has 0 N–H and O–H groups in total. The summed E-state index contributed by atoms with van der Waals surface area (Å²) >= 11 is 4.63. The van der Waals surface area contributed by atoms with E-state index in [4.69, 9.17) is 0 Å². The molecule has 0 amide bonds. The maximum absolute atomic E-state index is 10.4. The fourth-order valence-corrected chi connectivity index (χ4v) is 0. The summed E-state index contributed by atoms with van der Waals surface area (Å²) in [5, 5.41) is 0. The molecule has 0 heterocycles. The lowest BCUT2D eigenvalue weighted by Gasteiger charge is -1.43. The number of hydrogen-bond acceptors (Lipinski definition) is 0. The van der Waals surface area contributed by atoms with Crippen molar-refractivity contribution in [3.63, 3.8) is 0 Å². The van der Waals surface area contributed by atoms with Crippen LogP contribution in [-0.2, 0) is 0 Å². The van der Waals surface area contributed by atoms with E-state index in [-0.39, 0.29) is 6.33 Å². The Hall–Kier alpha value is -0.0400. The van der Waals surface area contributed by atoms with Gasteiger partial charge in [-0.15, -0.1) is 0 Å². The molecule has 0 radical (unpaired) electrons. The second kappa shape index (κ2) is 2.96. The van der Waals surface area contributed by atoms with Crippen molar-refractivity contribution in [2.75, 3.05) is 0 Å². The topological polar surface area (TPSA) is 0 Å². The summed E-state index contributed by atoms with van der Waals surface area (Å²) in [6.45, 7) is 0. The highest BCUT2D eigenvalue weighted by molar-refractivity contribution is 6.25.